The molecule has 0 fully saturated rings. The molecule has 0 saturated carbocycles. The summed E-state index contributed by atoms with van der Waals surface area (Å²) in [5.74, 6) is -0.0369. The number of amides is 1. The summed E-state index contributed by atoms with van der Waals surface area (Å²) in [5, 5.41) is 19.4. The van der Waals surface area contributed by atoms with E-state index in [2.05, 4.69) is 10.3 Å². The summed E-state index contributed by atoms with van der Waals surface area (Å²) in [6.45, 7) is 0.375. The van der Waals surface area contributed by atoms with E-state index in [4.69, 9.17) is 10.5 Å². The number of imidazole rings is 1. The van der Waals surface area contributed by atoms with E-state index in [1.807, 2.05) is 12.1 Å². The second-order valence-electron chi connectivity index (χ2n) is 2.75. The average molecular weight is 203 g/mol. The molecule has 0 radical (unpaired) electrons. The van der Waals surface area contributed by atoms with Crippen LogP contribution >= 0.6 is 0 Å². The number of carbonyl (C=O) groups excluding carboxylic acids is 1. The lowest BCUT2D eigenvalue weighted by atomic mass is 10.4. The predicted octanol–water partition coefficient (Wildman–Crippen LogP) is -0.215. The molecule has 1 rings (SSSR count). The standard InChI is InChI=1S/C9H9N5O/c10-2-1-3-13-9(15)7-14-5-4-12-8(14)6-11/h4-5H,1,3,7H2,(H,13,15). The van der Waals surface area contributed by atoms with Gasteiger partial charge in [0.25, 0.3) is 0 Å². The van der Waals surface area contributed by atoms with Gasteiger partial charge in [0.1, 0.15) is 12.6 Å². The normalized spacial score (nSPS) is 8.93. The van der Waals surface area contributed by atoms with Crippen LogP contribution in [0.3, 0.4) is 0 Å². The van der Waals surface area contributed by atoms with Gasteiger partial charge in [-0.15, -0.1) is 0 Å². The molecule has 0 aliphatic rings. The Morgan fingerprint density at radius 3 is 3.07 bits per heavy atom. The van der Waals surface area contributed by atoms with Crippen LogP contribution in [0.4, 0.5) is 0 Å². The summed E-state index contributed by atoms with van der Waals surface area (Å²) in [6, 6.07) is 3.79. The van der Waals surface area contributed by atoms with Gasteiger partial charge in [-0.3, -0.25) is 4.79 Å². The minimum atomic E-state index is -0.236. The Labute approximate surface area is 86.8 Å². The van der Waals surface area contributed by atoms with Crippen molar-refractivity contribution >= 4 is 5.91 Å². The van der Waals surface area contributed by atoms with Crippen molar-refractivity contribution in [3.8, 4) is 12.1 Å². The lowest BCUT2D eigenvalue weighted by Gasteiger charge is -2.03. The van der Waals surface area contributed by atoms with Gasteiger partial charge < -0.3 is 9.88 Å². The van der Waals surface area contributed by atoms with Crippen LogP contribution in [-0.4, -0.2) is 22.0 Å². The van der Waals surface area contributed by atoms with Crippen molar-refractivity contribution in [2.75, 3.05) is 6.54 Å². The average Bonchev–Trinajstić information content (AvgIpc) is 2.65. The summed E-state index contributed by atoms with van der Waals surface area (Å²) in [6.07, 6.45) is 3.30. The van der Waals surface area contributed by atoms with E-state index in [0.29, 0.717) is 6.54 Å². The summed E-state index contributed by atoms with van der Waals surface area (Å²) in [4.78, 5) is 15.0. The summed E-state index contributed by atoms with van der Waals surface area (Å²) in [7, 11) is 0. The van der Waals surface area contributed by atoms with Crippen molar-refractivity contribution in [2.45, 2.75) is 13.0 Å². The van der Waals surface area contributed by atoms with E-state index in [1.165, 1.54) is 10.8 Å². The quantitative estimate of drug-likeness (QED) is 0.684. The van der Waals surface area contributed by atoms with E-state index in [0.717, 1.165) is 0 Å². The highest BCUT2D eigenvalue weighted by atomic mass is 16.1. The van der Waals surface area contributed by atoms with Gasteiger partial charge in [-0.1, -0.05) is 0 Å². The molecule has 0 aromatic carbocycles. The highest BCUT2D eigenvalue weighted by Crippen LogP contribution is 1.94. The van der Waals surface area contributed by atoms with E-state index in [-0.39, 0.29) is 24.7 Å². The Morgan fingerprint density at radius 1 is 1.60 bits per heavy atom. The molecule has 0 saturated heterocycles. The molecular weight excluding hydrogens is 194 g/mol. The van der Waals surface area contributed by atoms with Crippen molar-refractivity contribution in [3.05, 3.63) is 18.2 Å². The third-order valence-corrected chi connectivity index (χ3v) is 1.69. The van der Waals surface area contributed by atoms with Crippen LogP contribution in [0.15, 0.2) is 12.4 Å². The van der Waals surface area contributed by atoms with Crippen LogP contribution in [0.5, 0.6) is 0 Å². The zero-order chi connectivity index (χ0) is 11.1. The lowest BCUT2D eigenvalue weighted by Crippen LogP contribution is -2.28. The lowest BCUT2D eigenvalue weighted by molar-refractivity contribution is -0.121. The van der Waals surface area contributed by atoms with Crippen LogP contribution < -0.4 is 5.32 Å². The van der Waals surface area contributed by atoms with Crippen molar-refractivity contribution < 1.29 is 4.79 Å². The maximum atomic E-state index is 11.3. The van der Waals surface area contributed by atoms with Gasteiger partial charge >= 0.3 is 0 Å². The molecule has 76 valence electrons. The number of aromatic nitrogens is 2. The topological polar surface area (TPSA) is 94.5 Å². The van der Waals surface area contributed by atoms with Crippen molar-refractivity contribution in [2.24, 2.45) is 0 Å². The number of hydrogen-bond acceptors (Lipinski definition) is 4. The summed E-state index contributed by atoms with van der Waals surface area (Å²) in [5.41, 5.74) is 0. The van der Waals surface area contributed by atoms with E-state index >= 15 is 0 Å². The molecule has 1 aromatic heterocycles. The van der Waals surface area contributed by atoms with Gasteiger partial charge in [0.2, 0.25) is 11.7 Å². The molecule has 6 nitrogen and oxygen atoms in total. The first-order valence-corrected chi connectivity index (χ1v) is 4.33. The Bertz CT molecular complexity index is 422. The van der Waals surface area contributed by atoms with E-state index in [9.17, 15) is 4.79 Å². The molecule has 1 heterocycles. The summed E-state index contributed by atoms with van der Waals surface area (Å²) < 4.78 is 1.45. The molecule has 0 atom stereocenters. The van der Waals surface area contributed by atoms with Crippen LogP contribution in [0, 0.1) is 22.7 Å². The Morgan fingerprint density at radius 2 is 2.40 bits per heavy atom. The van der Waals surface area contributed by atoms with Crippen LogP contribution in [0.25, 0.3) is 0 Å². The molecule has 0 spiro atoms. The second-order valence-corrected chi connectivity index (χ2v) is 2.75. The molecule has 15 heavy (non-hydrogen) atoms. The predicted molar refractivity (Wildman–Crippen MR) is 50.2 cm³/mol. The first-order valence-electron chi connectivity index (χ1n) is 4.33. The fourth-order valence-electron chi connectivity index (χ4n) is 1.02. The Balaban J connectivity index is 2.46. The first-order chi connectivity index (χ1) is 7.27. The number of nitriles is 2. The zero-order valence-corrected chi connectivity index (χ0v) is 7.97. The van der Waals surface area contributed by atoms with E-state index in [1.54, 1.807) is 6.20 Å². The summed E-state index contributed by atoms with van der Waals surface area (Å²) >= 11 is 0. The maximum absolute atomic E-state index is 11.3. The Kier molecular flexibility index (Phi) is 3.87. The highest BCUT2D eigenvalue weighted by Gasteiger charge is 2.05. The minimum Gasteiger partial charge on any atom is -0.354 e. The third-order valence-electron chi connectivity index (χ3n) is 1.69. The zero-order valence-electron chi connectivity index (χ0n) is 7.97. The number of hydrogen-bond donors (Lipinski definition) is 1. The van der Waals surface area contributed by atoms with Gasteiger partial charge in [-0.05, 0) is 0 Å². The molecule has 1 aromatic rings. The molecule has 6 heteroatoms. The molecule has 0 aliphatic heterocycles. The fourth-order valence-corrected chi connectivity index (χ4v) is 1.02. The van der Waals surface area contributed by atoms with Gasteiger partial charge in [0, 0.05) is 18.9 Å². The molecule has 0 unspecified atom stereocenters. The maximum Gasteiger partial charge on any atom is 0.240 e. The SMILES string of the molecule is N#CCCNC(=O)Cn1ccnc1C#N. The molecule has 1 N–H and O–H groups in total. The molecule has 0 aliphatic carbocycles. The minimum absolute atomic E-state index is 0.0499. The van der Waals surface area contributed by atoms with Gasteiger partial charge in [0.15, 0.2) is 0 Å². The largest absolute Gasteiger partial charge is 0.354 e. The molecule has 1 amide bonds. The smallest absolute Gasteiger partial charge is 0.240 e. The van der Waals surface area contributed by atoms with Gasteiger partial charge in [0.05, 0.1) is 12.5 Å². The number of carbonyl (C=O) groups is 1. The van der Waals surface area contributed by atoms with Gasteiger partial charge in [-0.2, -0.15) is 10.5 Å². The number of nitrogens with one attached hydrogen (secondary N) is 1. The number of nitrogens with zero attached hydrogens (tertiary/aromatic N) is 4. The fraction of sp³-hybridized carbons (Fsp3) is 0.333. The molecule has 0 bridgehead atoms. The van der Waals surface area contributed by atoms with Crippen LogP contribution in [0.2, 0.25) is 0 Å². The van der Waals surface area contributed by atoms with Crippen molar-refractivity contribution in [3.63, 3.8) is 0 Å². The van der Waals surface area contributed by atoms with Crippen molar-refractivity contribution in [1.29, 1.82) is 10.5 Å². The second kappa shape index (κ2) is 5.40. The van der Waals surface area contributed by atoms with Gasteiger partial charge in [-0.25, -0.2) is 4.98 Å². The third kappa shape index (κ3) is 3.12. The van der Waals surface area contributed by atoms with Crippen molar-refractivity contribution in [1.82, 2.24) is 14.9 Å². The monoisotopic (exact) mass is 203 g/mol. The van der Waals surface area contributed by atoms with Crippen LogP contribution in [-0.2, 0) is 11.3 Å². The highest BCUT2D eigenvalue weighted by molar-refractivity contribution is 5.75. The van der Waals surface area contributed by atoms with Crippen LogP contribution in [0.1, 0.15) is 12.2 Å². The number of rotatable bonds is 4. The van der Waals surface area contributed by atoms with E-state index < -0.39 is 0 Å². The first kappa shape index (κ1) is 10.7. The Hall–Kier alpha value is -2.34. The molecular formula is C9H9N5O.